The molecule has 0 aromatic heterocycles. The standard InChI is InChI=1S/C11H13BrFNO3/c1-7(15)5-14-11(16)6-17-10-3-2-8(12)4-9(10)13/h2-4,7,15H,5-6H2,1H3,(H,14,16)/t7-/m1/s1. The Kier molecular flexibility index (Phi) is 5.37. The van der Waals surface area contributed by atoms with E-state index in [4.69, 9.17) is 9.84 Å². The van der Waals surface area contributed by atoms with E-state index in [-0.39, 0.29) is 18.9 Å². The molecule has 0 aliphatic heterocycles. The molecule has 1 aromatic rings. The largest absolute Gasteiger partial charge is 0.481 e. The van der Waals surface area contributed by atoms with Crippen molar-refractivity contribution in [3.8, 4) is 5.75 Å². The summed E-state index contributed by atoms with van der Waals surface area (Å²) in [5.41, 5.74) is 0. The Bertz CT molecular complexity index is 398. The lowest BCUT2D eigenvalue weighted by molar-refractivity contribution is -0.123. The zero-order valence-electron chi connectivity index (χ0n) is 9.24. The van der Waals surface area contributed by atoms with Gasteiger partial charge in [-0.3, -0.25) is 4.79 Å². The lowest BCUT2D eigenvalue weighted by atomic mass is 10.3. The molecule has 94 valence electrons. The Morgan fingerprint density at radius 2 is 2.35 bits per heavy atom. The maximum absolute atomic E-state index is 13.3. The second-order valence-electron chi connectivity index (χ2n) is 3.52. The highest BCUT2D eigenvalue weighted by Crippen LogP contribution is 2.21. The molecule has 0 fully saturated rings. The number of benzene rings is 1. The normalized spacial score (nSPS) is 12.0. The lowest BCUT2D eigenvalue weighted by Gasteiger charge is -2.09. The first-order valence-corrected chi connectivity index (χ1v) is 5.81. The third kappa shape index (κ3) is 5.14. The van der Waals surface area contributed by atoms with Crippen molar-refractivity contribution in [2.24, 2.45) is 0 Å². The van der Waals surface area contributed by atoms with Gasteiger partial charge in [-0.25, -0.2) is 4.39 Å². The van der Waals surface area contributed by atoms with Crippen molar-refractivity contribution in [3.63, 3.8) is 0 Å². The molecule has 0 saturated carbocycles. The molecule has 1 amide bonds. The molecule has 0 radical (unpaired) electrons. The fourth-order valence-electron chi connectivity index (χ4n) is 1.05. The van der Waals surface area contributed by atoms with Gasteiger partial charge in [-0.2, -0.15) is 0 Å². The molecule has 0 spiro atoms. The molecular formula is C11H13BrFNO3. The molecule has 2 N–H and O–H groups in total. The number of carbonyl (C=O) groups is 1. The van der Waals surface area contributed by atoms with Gasteiger partial charge < -0.3 is 15.2 Å². The highest BCUT2D eigenvalue weighted by atomic mass is 79.9. The van der Waals surface area contributed by atoms with Gasteiger partial charge in [0.15, 0.2) is 18.2 Å². The number of amides is 1. The highest BCUT2D eigenvalue weighted by molar-refractivity contribution is 9.10. The van der Waals surface area contributed by atoms with Gasteiger partial charge in [-0.1, -0.05) is 15.9 Å². The molecule has 1 atom stereocenters. The van der Waals surface area contributed by atoms with Crippen LogP contribution in [0.25, 0.3) is 0 Å². The minimum absolute atomic E-state index is 0.0143. The zero-order chi connectivity index (χ0) is 12.8. The summed E-state index contributed by atoms with van der Waals surface area (Å²) in [4.78, 5) is 11.2. The quantitative estimate of drug-likeness (QED) is 0.866. The van der Waals surface area contributed by atoms with Crippen LogP contribution in [-0.2, 0) is 4.79 Å². The average molecular weight is 306 g/mol. The SMILES string of the molecule is C[C@@H](O)CNC(=O)COc1ccc(Br)cc1F. The molecule has 0 aliphatic carbocycles. The van der Waals surface area contributed by atoms with Crippen molar-refractivity contribution in [3.05, 3.63) is 28.5 Å². The number of rotatable bonds is 5. The number of nitrogens with one attached hydrogen (secondary N) is 1. The summed E-state index contributed by atoms with van der Waals surface area (Å²) >= 11 is 3.11. The summed E-state index contributed by atoms with van der Waals surface area (Å²) in [5.74, 6) is -0.934. The molecule has 6 heteroatoms. The van der Waals surface area contributed by atoms with Crippen LogP contribution in [0.2, 0.25) is 0 Å². The van der Waals surface area contributed by atoms with Gasteiger partial charge in [-0.05, 0) is 25.1 Å². The first-order chi connectivity index (χ1) is 7.99. The smallest absolute Gasteiger partial charge is 0.258 e. The van der Waals surface area contributed by atoms with E-state index in [1.54, 1.807) is 13.0 Å². The van der Waals surface area contributed by atoms with Crippen LogP contribution in [-0.4, -0.2) is 30.3 Å². The van der Waals surface area contributed by atoms with E-state index in [0.717, 1.165) is 0 Å². The van der Waals surface area contributed by atoms with Crippen LogP contribution in [0.5, 0.6) is 5.75 Å². The van der Waals surface area contributed by atoms with Crippen LogP contribution in [0.4, 0.5) is 4.39 Å². The van der Waals surface area contributed by atoms with E-state index in [2.05, 4.69) is 21.2 Å². The zero-order valence-corrected chi connectivity index (χ0v) is 10.8. The van der Waals surface area contributed by atoms with Crippen molar-refractivity contribution in [1.82, 2.24) is 5.32 Å². The fourth-order valence-corrected chi connectivity index (χ4v) is 1.38. The Labute approximate surface area is 107 Å². The van der Waals surface area contributed by atoms with Crippen LogP contribution in [0.3, 0.4) is 0 Å². The van der Waals surface area contributed by atoms with Gasteiger partial charge in [0.2, 0.25) is 0 Å². The molecule has 4 nitrogen and oxygen atoms in total. The number of carbonyl (C=O) groups excluding carboxylic acids is 1. The minimum atomic E-state index is -0.622. The van der Waals surface area contributed by atoms with Gasteiger partial charge in [0.05, 0.1) is 6.10 Å². The van der Waals surface area contributed by atoms with Crippen molar-refractivity contribution in [2.45, 2.75) is 13.0 Å². The summed E-state index contributed by atoms with van der Waals surface area (Å²) in [6.07, 6.45) is -0.622. The van der Waals surface area contributed by atoms with Gasteiger partial charge in [-0.15, -0.1) is 0 Å². The Hall–Kier alpha value is -1.14. The van der Waals surface area contributed by atoms with Crippen LogP contribution >= 0.6 is 15.9 Å². The van der Waals surface area contributed by atoms with Gasteiger partial charge in [0, 0.05) is 11.0 Å². The number of aliphatic hydroxyl groups is 1. The molecule has 1 aromatic carbocycles. The molecule has 0 heterocycles. The van der Waals surface area contributed by atoms with E-state index < -0.39 is 17.8 Å². The van der Waals surface area contributed by atoms with E-state index in [9.17, 15) is 9.18 Å². The summed E-state index contributed by atoms with van der Waals surface area (Å²) < 4.78 is 18.9. The van der Waals surface area contributed by atoms with Gasteiger partial charge in [0.25, 0.3) is 5.91 Å². The molecule has 17 heavy (non-hydrogen) atoms. The second-order valence-corrected chi connectivity index (χ2v) is 4.43. The molecule has 0 aliphatic rings. The predicted molar refractivity (Wildman–Crippen MR) is 64.3 cm³/mol. The van der Waals surface area contributed by atoms with Crippen LogP contribution in [0.1, 0.15) is 6.92 Å². The first kappa shape index (κ1) is 13.9. The molecule has 0 unspecified atom stereocenters. The maximum atomic E-state index is 13.3. The first-order valence-electron chi connectivity index (χ1n) is 5.01. The van der Waals surface area contributed by atoms with Crippen molar-refractivity contribution in [2.75, 3.05) is 13.2 Å². The van der Waals surface area contributed by atoms with Crippen LogP contribution in [0.15, 0.2) is 22.7 Å². The van der Waals surface area contributed by atoms with Crippen molar-refractivity contribution < 1.29 is 19.0 Å². The number of hydrogen-bond acceptors (Lipinski definition) is 3. The van der Waals surface area contributed by atoms with E-state index in [0.29, 0.717) is 4.47 Å². The summed E-state index contributed by atoms with van der Waals surface area (Å²) in [5, 5.41) is 11.4. The predicted octanol–water partition coefficient (Wildman–Crippen LogP) is 1.46. The third-order valence-corrected chi connectivity index (χ3v) is 2.34. The second kappa shape index (κ2) is 6.56. The molecular weight excluding hydrogens is 293 g/mol. The average Bonchev–Trinajstić information content (AvgIpc) is 2.25. The monoisotopic (exact) mass is 305 g/mol. The van der Waals surface area contributed by atoms with Crippen molar-refractivity contribution >= 4 is 21.8 Å². The van der Waals surface area contributed by atoms with Crippen LogP contribution in [0, 0.1) is 5.82 Å². The van der Waals surface area contributed by atoms with Crippen LogP contribution < -0.4 is 10.1 Å². The number of hydrogen-bond donors (Lipinski definition) is 2. The lowest BCUT2D eigenvalue weighted by Crippen LogP contribution is -2.34. The van der Waals surface area contributed by atoms with Gasteiger partial charge in [0.1, 0.15) is 0 Å². The summed E-state index contributed by atoms with van der Waals surface area (Å²) in [6, 6.07) is 4.30. The number of ether oxygens (including phenoxy) is 1. The van der Waals surface area contributed by atoms with Crippen molar-refractivity contribution in [1.29, 1.82) is 0 Å². The van der Waals surface area contributed by atoms with E-state index in [1.165, 1.54) is 12.1 Å². The minimum Gasteiger partial charge on any atom is -0.481 e. The Morgan fingerprint density at radius 3 is 2.94 bits per heavy atom. The number of halogens is 2. The Morgan fingerprint density at radius 1 is 1.65 bits per heavy atom. The summed E-state index contributed by atoms with van der Waals surface area (Å²) in [6.45, 7) is 1.41. The van der Waals surface area contributed by atoms with E-state index >= 15 is 0 Å². The molecule has 0 saturated heterocycles. The topological polar surface area (TPSA) is 58.6 Å². The maximum Gasteiger partial charge on any atom is 0.258 e. The molecule has 1 rings (SSSR count). The Balaban J connectivity index is 2.42. The van der Waals surface area contributed by atoms with Gasteiger partial charge >= 0.3 is 0 Å². The van der Waals surface area contributed by atoms with E-state index in [1.807, 2.05) is 0 Å². The third-order valence-electron chi connectivity index (χ3n) is 1.85. The summed E-state index contributed by atoms with van der Waals surface area (Å²) in [7, 11) is 0. The number of aliphatic hydroxyl groups excluding tert-OH is 1. The fraction of sp³-hybridized carbons (Fsp3) is 0.364. The molecule has 0 bridgehead atoms. The highest BCUT2D eigenvalue weighted by Gasteiger charge is 2.07.